The number of nitriles is 1. The number of cyclic esters (lactones) is 1. The van der Waals surface area contributed by atoms with Gasteiger partial charge < -0.3 is 14.6 Å². The first kappa shape index (κ1) is 19.6. The average molecular weight is 413 g/mol. The lowest BCUT2D eigenvalue weighted by Gasteiger charge is -2.19. The van der Waals surface area contributed by atoms with Crippen molar-refractivity contribution in [2.75, 3.05) is 18.0 Å². The van der Waals surface area contributed by atoms with E-state index in [-0.39, 0.29) is 36.1 Å². The molecule has 2 aliphatic rings. The van der Waals surface area contributed by atoms with Gasteiger partial charge in [-0.05, 0) is 30.2 Å². The molecule has 8 nitrogen and oxygen atoms in total. The summed E-state index contributed by atoms with van der Waals surface area (Å²) in [5, 5.41) is 11.6. The highest BCUT2D eigenvalue weighted by atomic mass is 19.1. The molecule has 0 unspecified atom stereocenters. The van der Waals surface area contributed by atoms with Crippen molar-refractivity contribution >= 4 is 29.3 Å². The van der Waals surface area contributed by atoms with E-state index in [2.05, 4.69) is 10.3 Å². The molecule has 2 amide bonds. The van der Waals surface area contributed by atoms with E-state index in [1.165, 1.54) is 13.1 Å². The summed E-state index contributed by atoms with van der Waals surface area (Å²) in [7, 11) is 0. The maximum absolute atomic E-state index is 14.9. The number of allylic oxidation sites excluding steroid dienone is 1. The van der Waals surface area contributed by atoms with Crippen LogP contribution >= 0.6 is 0 Å². The largest absolute Gasteiger partial charge is 0.442 e. The van der Waals surface area contributed by atoms with Gasteiger partial charge in [0.25, 0.3) is 0 Å². The molecule has 1 N–H and O–H groups in total. The highest BCUT2D eigenvalue weighted by molar-refractivity contribution is 5.91. The number of nitrogens with zero attached hydrogens (tertiary/aromatic N) is 4. The number of hydrogen-bond acceptors (Lipinski definition) is 5. The number of ether oxygens (including phenoxy) is 1. The maximum atomic E-state index is 14.9. The van der Waals surface area contributed by atoms with Crippen LogP contribution in [0.25, 0.3) is 11.6 Å². The van der Waals surface area contributed by atoms with Crippen LogP contribution in [-0.2, 0) is 16.1 Å². The van der Waals surface area contributed by atoms with Crippen LogP contribution in [0.1, 0.15) is 30.4 Å². The number of benzene rings is 1. The fraction of sp³-hybridized carbons (Fsp3) is 0.300. The number of carbonyl (C=O) groups is 2. The Balaban J connectivity index is 1.60. The van der Waals surface area contributed by atoms with Crippen LogP contribution in [0.3, 0.4) is 0 Å². The monoisotopic (exact) mass is 413 g/mol. The molecular formula is C20H17F2N5O3. The first-order valence-corrected chi connectivity index (χ1v) is 9.25. The van der Waals surface area contributed by atoms with Crippen molar-refractivity contribution in [3.63, 3.8) is 0 Å². The van der Waals surface area contributed by atoms with Gasteiger partial charge in [-0.2, -0.15) is 5.26 Å². The van der Waals surface area contributed by atoms with E-state index in [0.717, 1.165) is 17.0 Å². The van der Waals surface area contributed by atoms with Crippen molar-refractivity contribution < 1.29 is 23.1 Å². The molecule has 2 aliphatic heterocycles. The van der Waals surface area contributed by atoms with Gasteiger partial charge in [-0.1, -0.05) is 0 Å². The van der Waals surface area contributed by atoms with Crippen molar-refractivity contribution in [3.05, 3.63) is 47.0 Å². The molecule has 0 spiro atoms. The lowest BCUT2D eigenvalue weighted by atomic mass is 9.97. The number of fused-ring (bicyclic) bond motifs is 1. The van der Waals surface area contributed by atoms with E-state index in [0.29, 0.717) is 24.2 Å². The third-order valence-corrected chi connectivity index (χ3v) is 5.03. The van der Waals surface area contributed by atoms with Gasteiger partial charge in [-0.15, -0.1) is 0 Å². The number of anilines is 1. The number of aromatic nitrogens is 2. The summed E-state index contributed by atoms with van der Waals surface area (Å²) < 4.78 is 36.6. The second-order valence-corrected chi connectivity index (χ2v) is 7.03. The topological polar surface area (TPSA) is 100 Å². The molecule has 3 heterocycles. The molecule has 1 saturated heterocycles. The minimum absolute atomic E-state index is 0.0392. The molecule has 30 heavy (non-hydrogen) atoms. The van der Waals surface area contributed by atoms with Gasteiger partial charge in [-0.3, -0.25) is 9.69 Å². The van der Waals surface area contributed by atoms with E-state index >= 15 is 0 Å². The van der Waals surface area contributed by atoms with Crippen molar-refractivity contribution in [3.8, 4) is 6.07 Å². The summed E-state index contributed by atoms with van der Waals surface area (Å²) in [6.07, 6.45) is 2.07. The van der Waals surface area contributed by atoms with Gasteiger partial charge in [-0.25, -0.2) is 18.6 Å². The zero-order valence-electron chi connectivity index (χ0n) is 16.0. The van der Waals surface area contributed by atoms with Crippen molar-refractivity contribution in [2.45, 2.75) is 26.0 Å². The Morgan fingerprint density at radius 3 is 2.80 bits per heavy atom. The summed E-state index contributed by atoms with van der Waals surface area (Å²) in [5.41, 5.74) is 0.907. The summed E-state index contributed by atoms with van der Waals surface area (Å²) in [6.45, 7) is 1.90. The molecular weight excluding hydrogens is 396 g/mol. The normalized spacial score (nSPS) is 17.8. The number of imidazole rings is 1. The second-order valence-electron chi connectivity index (χ2n) is 7.03. The third kappa shape index (κ3) is 3.50. The fourth-order valence-electron chi connectivity index (χ4n) is 3.63. The standard InChI is InChI=1S/C20H17F2N5O3/c1-11(28)24-9-15-10-27(20(29)30-15)13-5-16(21)19(17(22)6-13)12-2-3-26-14(4-12)8-25-18(26)7-23/h4-6,8,15H,2-3,9-10H2,1H3,(H,24,28)/t15-/m0/s1. The lowest BCUT2D eigenvalue weighted by Crippen LogP contribution is -2.33. The Hall–Kier alpha value is -3.74. The van der Waals surface area contributed by atoms with Crippen LogP contribution in [0.4, 0.5) is 19.3 Å². The number of rotatable bonds is 4. The lowest BCUT2D eigenvalue weighted by molar-refractivity contribution is -0.119. The fourth-order valence-corrected chi connectivity index (χ4v) is 3.63. The van der Waals surface area contributed by atoms with Crippen LogP contribution in [0.2, 0.25) is 0 Å². The summed E-state index contributed by atoms with van der Waals surface area (Å²) in [4.78, 5) is 28.2. The SMILES string of the molecule is CC(=O)NC[C@H]1CN(c2cc(F)c(C3=Cc4cnc(C#N)n4CC3)c(F)c2)C(=O)O1. The molecule has 1 fully saturated rings. The number of hydrogen-bond donors (Lipinski definition) is 1. The van der Waals surface area contributed by atoms with Crippen LogP contribution in [0.15, 0.2) is 18.3 Å². The van der Waals surface area contributed by atoms with Gasteiger partial charge in [0.2, 0.25) is 11.7 Å². The second kappa shape index (κ2) is 7.59. The molecule has 1 aromatic carbocycles. The molecule has 0 saturated carbocycles. The smallest absolute Gasteiger partial charge is 0.414 e. The van der Waals surface area contributed by atoms with E-state index in [1.807, 2.05) is 6.07 Å². The number of amides is 2. The molecule has 10 heteroatoms. The Labute approximate surface area is 170 Å². The minimum atomic E-state index is -0.803. The predicted octanol–water partition coefficient (Wildman–Crippen LogP) is 2.44. The average Bonchev–Trinajstić information content (AvgIpc) is 3.28. The molecule has 0 aliphatic carbocycles. The van der Waals surface area contributed by atoms with Crippen LogP contribution < -0.4 is 10.2 Å². The van der Waals surface area contributed by atoms with Gasteiger partial charge in [0, 0.05) is 19.0 Å². The van der Waals surface area contributed by atoms with Crippen molar-refractivity contribution in [2.24, 2.45) is 0 Å². The zero-order chi connectivity index (χ0) is 21.4. The van der Waals surface area contributed by atoms with Crippen LogP contribution in [0, 0.1) is 23.0 Å². The Morgan fingerprint density at radius 2 is 2.13 bits per heavy atom. The first-order chi connectivity index (χ1) is 14.4. The molecule has 1 aromatic heterocycles. The molecule has 0 radical (unpaired) electrons. The van der Waals surface area contributed by atoms with Gasteiger partial charge in [0.15, 0.2) is 0 Å². The van der Waals surface area contributed by atoms with Gasteiger partial charge in [0.1, 0.15) is 23.8 Å². The minimum Gasteiger partial charge on any atom is -0.442 e. The highest BCUT2D eigenvalue weighted by Crippen LogP contribution is 2.34. The zero-order valence-corrected chi connectivity index (χ0v) is 16.0. The Kier molecular flexibility index (Phi) is 4.95. The summed E-state index contributed by atoms with van der Waals surface area (Å²) in [6, 6.07) is 4.16. The number of carbonyl (C=O) groups excluding carboxylic acids is 2. The van der Waals surface area contributed by atoms with E-state index < -0.39 is 23.8 Å². The third-order valence-electron chi connectivity index (χ3n) is 5.03. The van der Waals surface area contributed by atoms with Gasteiger partial charge in [0.05, 0.1) is 30.7 Å². The Bertz CT molecular complexity index is 1100. The molecule has 4 rings (SSSR count). The molecule has 1 atom stereocenters. The predicted molar refractivity (Wildman–Crippen MR) is 102 cm³/mol. The highest BCUT2D eigenvalue weighted by Gasteiger charge is 2.33. The molecule has 0 bridgehead atoms. The van der Waals surface area contributed by atoms with Crippen LogP contribution in [-0.4, -0.2) is 40.7 Å². The first-order valence-electron chi connectivity index (χ1n) is 9.25. The molecule has 2 aromatic rings. The van der Waals surface area contributed by atoms with E-state index in [1.54, 1.807) is 10.6 Å². The van der Waals surface area contributed by atoms with Crippen molar-refractivity contribution in [1.29, 1.82) is 5.26 Å². The summed E-state index contributed by atoms with van der Waals surface area (Å²) in [5.74, 6) is -1.63. The quantitative estimate of drug-likeness (QED) is 0.830. The van der Waals surface area contributed by atoms with E-state index in [4.69, 9.17) is 10.00 Å². The van der Waals surface area contributed by atoms with E-state index in [9.17, 15) is 18.4 Å². The van der Waals surface area contributed by atoms with Crippen molar-refractivity contribution in [1.82, 2.24) is 14.9 Å². The van der Waals surface area contributed by atoms with Gasteiger partial charge >= 0.3 is 6.09 Å². The summed E-state index contributed by atoms with van der Waals surface area (Å²) >= 11 is 0. The maximum Gasteiger partial charge on any atom is 0.414 e. The number of nitrogens with one attached hydrogen (secondary N) is 1. The molecule has 154 valence electrons. The van der Waals surface area contributed by atoms with Crippen LogP contribution in [0.5, 0.6) is 0 Å². The number of halogens is 2. The Morgan fingerprint density at radius 1 is 1.40 bits per heavy atom.